The van der Waals surface area contributed by atoms with Crippen molar-refractivity contribution in [3.8, 4) is 5.69 Å². The van der Waals surface area contributed by atoms with E-state index in [2.05, 4.69) is 46.6 Å². The maximum Gasteiger partial charge on any atom is 0.0876 e. The van der Waals surface area contributed by atoms with Crippen molar-refractivity contribution in [3.05, 3.63) is 42.7 Å². The average molecular weight is 270 g/mol. The van der Waals surface area contributed by atoms with Gasteiger partial charge in [0.25, 0.3) is 0 Å². The first-order valence-corrected chi connectivity index (χ1v) is 7.34. The van der Waals surface area contributed by atoms with Crippen molar-refractivity contribution in [1.29, 1.82) is 0 Å². The quantitative estimate of drug-likeness (QED) is 0.927. The standard InChI is InChI=1S/C16H22N4/c1-19-10-4-6-14(13-19)12-17-15-7-2-3-8-16(15)20-11-5-9-18-20/h2-3,5,7-9,11,14,17H,4,6,10,12-13H2,1H3. The lowest BCUT2D eigenvalue weighted by atomic mass is 9.98. The third-order valence-electron chi connectivity index (χ3n) is 3.96. The highest BCUT2D eigenvalue weighted by atomic mass is 15.3. The van der Waals surface area contributed by atoms with Crippen LogP contribution in [0.1, 0.15) is 12.8 Å². The van der Waals surface area contributed by atoms with Gasteiger partial charge in [0.05, 0.1) is 11.4 Å². The van der Waals surface area contributed by atoms with Crippen LogP contribution in [0.3, 0.4) is 0 Å². The van der Waals surface area contributed by atoms with Crippen LogP contribution < -0.4 is 5.32 Å². The fraction of sp³-hybridized carbons (Fsp3) is 0.438. The van der Waals surface area contributed by atoms with Crippen molar-refractivity contribution >= 4 is 5.69 Å². The highest BCUT2D eigenvalue weighted by molar-refractivity contribution is 5.60. The molecule has 4 heteroatoms. The van der Waals surface area contributed by atoms with Crippen LogP contribution in [-0.4, -0.2) is 41.4 Å². The Morgan fingerprint density at radius 3 is 3.00 bits per heavy atom. The second-order valence-corrected chi connectivity index (χ2v) is 5.62. The van der Waals surface area contributed by atoms with E-state index in [1.54, 1.807) is 0 Å². The fourth-order valence-electron chi connectivity index (χ4n) is 2.93. The molecule has 1 aromatic heterocycles. The number of likely N-dealkylation sites (tertiary alicyclic amines) is 1. The molecule has 1 aliphatic rings. The Labute approximate surface area is 120 Å². The molecule has 3 rings (SSSR count). The molecule has 0 radical (unpaired) electrons. The highest BCUT2D eigenvalue weighted by Gasteiger charge is 2.17. The van der Waals surface area contributed by atoms with Crippen molar-refractivity contribution < 1.29 is 0 Å². The van der Waals surface area contributed by atoms with Crippen LogP contribution >= 0.6 is 0 Å². The predicted octanol–water partition coefficient (Wildman–Crippen LogP) is 2.63. The minimum atomic E-state index is 0.736. The number of piperidine rings is 1. The zero-order chi connectivity index (χ0) is 13.8. The largest absolute Gasteiger partial charge is 0.383 e. The third kappa shape index (κ3) is 3.02. The van der Waals surface area contributed by atoms with Gasteiger partial charge in [-0.05, 0) is 50.6 Å². The Morgan fingerprint density at radius 2 is 2.20 bits per heavy atom. The van der Waals surface area contributed by atoms with Gasteiger partial charge in [0.2, 0.25) is 0 Å². The Bertz CT molecular complexity index is 535. The van der Waals surface area contributed by atoms with Crippen molar-refractivity contribution in [2.24, 2.45) is 5.92 Å². The lowest BCUT2D eigenvalue weighted by Crippen LogP contribution is -2.35. The van der Waals surface area contributed by atoms with Gasteiger partial charge in [0.15, 0.2) is 0 Å². The van der Waals surface area contributed by atoms with Crippen molar-refractivity contribution in [3.63, 3.8) is 0 Å². The van der Waals surface area contributed by atoms with Gasteiger partial charge in [-0.2, -0.15) is 5.10 Å². The molecule has 1 atom stereocenters. The number of aromatic nitrogens is 2. The molecule has 0 spiro atoms. The van der Waals surface area contributed by atoms with Gasteiger partial charge in [-0.25, -0.2) is 4.68 Å². The first-order valence-electron chi connectivity index (χ1n) is 7.34. The van der Waals surface area contributed by atoms with Gasteiger partial charge in [0, 0.05) is 25.5 Å². The Morgan fingerprint density at radius 1 is 1.30 bits per heavy atom. The molecule has 4 nitrogen and oxygen atoms in total. The number of benzene rings is 1. The summed E-state index contributed by atoms with van der Waals surface area (Å²) in [5, 5.41) is 7.93. The van der Waals surface area contributed by atoms with E-state index in [1.807, 2.05) is 23.1 Å². The second kappa shape index (κ2) is 6.09. The van der Waals surface area contributed by atoms with Crippen LogP contribution in [0.5, 0.6) is 0 Å². The molecule has 106 valence electrons. The van der Waals surface area contributed by atoms with Gasteiger partial charge in [-0.15, -0.1) is 0 Å². The van der Waals surface area contributed by atoms with Gasteiger partial charge in [-0.3, -0.25) is 0 Å². The van der Waals surface area contributed by atoms with Crippen LogP contribution in [-0.2, 0) is 0 Å². The maximum absolute atomic E-state index is 4.32. The van der Waals surface area contributed by atoms with E-state index in [4.69, 9.17) is 0 Å². The summed E-state index contributed by atoms with van der Waals surface area (Å²) in [5.74, 6) is 0.736. The second-order valence-electron chi connectivity index (χ2n) is 5.62. The van der Waals surface area contributed by atoms with E-state index in [9.17, 15) is 0 Å². The third-order valence-corrected chi connectivity index (χ3v) is 3.96. The lowest BCUT2D eigenvalue weighted by molar-refractivity contribution is 0.217. The van der Waals surface area contributed by atoms with Crippen molar-refractivity contribution in [2.45, 2.75) is 12.8 Å². The van der Waals surface area contributed by atoms with Crippen LogP contribution in [0.25, 0.3) is 5.69 Å². The Balaban J connectivity index is 1.68. The van der Waals surface area contributed by atoms with Gasteiger partial charge in [0.1, 0.15) is 0 Å². The molecule has 0 amide bonds. The first-order chi connectivity index (χ1) is 9.83. The van der Waals surface area contributed by atoms with E-state index in [0.717, 1.165) is 23.8 Å². The highest BCUT2D eigenvalue weighted by Crippen LogP contribution is 2.21. The average Bonchev–Trinajstić information content (AvgIpc) is 3.00. The van der Waals surface area contributed by atoms with Gasteiger partial charge in [-0.1, -0.05) is 12.1 Å². The minimum absolute atomic E-state index is 0.736. The summed E-state index contributed by atoms with van der Waals surface area (Å²) in [6, 6.07) is 10.3. The van der Waals surface area contributed by atoms with Gasteiger partial charge >= 0.3 is 0 Å². The molecule has 20 heavy (non-hydrogen) atoms. The zero-order valence-corrected chi connectivity index (χ0v) is 12.0. The molecule has 1 unspecified atom stereocenters. The van der Waals surface area contributed by atoms with Gasteiger partial charge < -0.3 is 10.2 Å². The Hall–Kier alpha value is -1.81. The van der Waals surface area contributed by atoms with E-state index >= 15 is 0 Å². The SMILES string of the molecule is CN1CCCC(CNc2ccccc2-n2cccn2)C1. The topological polar surface area (TPSA) is 33.1 Å². The summed E-state index contributed by atoms with van der Waals surface area (Å²) in [6.07, 6.45) is 6.42. The molecule has 2 heterocycles. The number of hydrogen-bond donors (Lipinski definition) is 1. The minimum Gasteiger partial charge on any atom is -0.383 e. The number of anilines is 1. The lowest BCUT2D eigenvalue weighted by Gasteiger charge is -2.30. The summed E-state index contributed by atoms with van der Waals surface area (Å²) in [4.78, 5) is 2.43. The normalized spacial score (nSPS) is 19.9. The summed E-state index contributed by atoms with van der Waals surface area (Å²) in [5.41, 5.74) is 2.27. The molecule has 1 fully saturated rings. The zero-order valence-electron chi connectivity index (χ0n) is 12.0. The molecule has 1 aromatic carbocycles. The number of hydrogen-bond acceptors (Lipinski definition) is 3. The van der Waals surface area contributed by atoms with E-state index < -0.39 is 0 Å². The fourth-order valence-corrected chi connectivity index (χ4v) is 2.93. The van der Waals surface area contributed by atoms with E-state index in [1.165, 1.54) is 25.9 Å². The van der Waals surface area contributed by atoms with Crippen molar-refractivity contribution in [1.82, 2.24) is 14.7 Å². The molecular weight excluding hydrogens is 248 g/mol. The molecular formula is C16H22N4. The number of rotatable bonds is 4. The monoisotopic (exact) mass is 270 g/mol. The molecule has 0 saturated carbocycles. The predicted molar refractivity (Wildman–Crippen MR) is 82.3 cm³/mol. The molecule has 0 aliphatic carbocycles. The van der Waals surface area contributed by atoms with Crippen LogP contribution in [0.4, 0.5) is 5.69 Å². The summed E-state index contributed by atoms with van der Waals surface area (Å²) < 4.78 is 1.91. The Kier molecular flexibility index (Phi) is 4.02. The van der Waals surface area contributed by atoms with E-state index in [0.29, 0.717) is 0 Å². The summed E-state index contributed by atoms with van der Waals surface area (Å²) >= 11 is 0. The van der Waals surface area contributed by atoms with Crippen LogP contribution in [0.15, 0.2) is 42.7 Å². The number of nitrogens with one attached hydrogen (secondary N) is 1. The van der Waals surface area contributed by atoms with Crippen LogP contribution in [0.2, 0.25) is 0 Å². The molecule has 2 aromatic rings. The smallest absolute Gasteiger partial charge is 0.0876 e. The molecule has 1 saturated heterocycles. The molecule has 1 N–H and O–H groups in total. The first kappa shape index (κ1) is 13.2. The molecule has 1 aliphatic heterocycles. The number of nitrogens with zero attached hydrogens (tertiary/aromatic N) is 3. The van der Waals surface area contributed by atoms with Crippen LogP contribution in [0, 0.1) is 5.92 Å². The molecule has 0 bridgehead atoms. The van der Waals surface area contributed by atoms with E-state index in [-0.39, 0.29) is 0 Å². The maximum atomic E-state index is 4.32. The van der Waals surface area contributed by atoms with Crippen molar-refractivity contribution in [2.75, 3.05) is 32.0 Å². The summed E-state index contributed by atoms with van der Waals surface area (Å²) in [7, 11) is 2.21. The summed E-state index contributed by atoms with van der Waals surface area (Å²) in [6.45, 7) is 3.46. The number of para-hydroxylation sites is 2.